The first-order chi connectivity index (χ1) is 12.1. The summed E-state index contributed by atoms with van der Waals surface area (Å²) in [5.41, 5.74) is 3.20. The molecule has 0 aliphatic carbocycles. The molecule has 2 heterocycles. The highest BCUT2D eigenvalue weighted by Gasteiger charge is 2.32. The zero-order valence-corrected chi connectivity index (χ0v) is 14.0. The van der Waals surface area contributed by atoms with Gasteiger partial charge in [0.05, 0.1) is 6.04 Å². The fraction of sp³-hybridized carbons (Fsp3) is 0.190. The number of aromatic nitrogens is 1. The Hall–Kier alpha value is -2.88. The molecule has 1 aliphatic heterocycles. The Morgan fingerprint density at radius 2 is 1.84 bits per heavy atom. The van der Waals surface area contributed by atoms with Crippen LogP contribution in [0.5, 0.6) is 0 Å². The van der Waals surface area contributed by atoms with Gasteiger partial charge in [-0.3, -0.25) is 4.79 Å². The predicted molar refractivity (Wildman–Crippen MR) is 94.9 cm³/mol. The van der Waals surface area contributed by atoms with E-state index < -0.39 is 0 Å². The van der Waals surface area contributed by atoms with Gasteiger partial charge >= 0.3 is 0 Å². The van der Waals surface area contributed by atoms with Crippen LogP contribution in [-0.2, 0) is 6.54 Å². The molecule has 0 radical (unpaired) electrons. The number of halogens is 1. The van der Waals surface area contributed by atoms with Gasteiger partial charge in [0.15, 0.2) is 0 Å². The number of rotatable bonds is 2. The Labute approximate surface area is 146 Å². The lowest BCUT2D eigenvalue weighted by atomic mass is 9.98. The van der Waals surface area contributed by atoms with Gasteiger partial charge in [0.25, 0.3) is 5.91 Å². The second-order valence-corrected chi connectivity index (χ2v) is 6.40. The van der Waals surface area contributed by atoms with E-state index in [0.717, 1.165) is 17.8 Å². The minimum Gasteiger partial charge on any atom is -0.348 e. The molecule has 1 aromatic heterocycles. The molecule has 2 aromatic carbocycles. The molecule has 0 N–H and O–H groups in total. The van der Waals surface area contributed by atoms with Crippen molar-refractivity contribution in [1.29, 1.82) is 0 Å². The number of aryl methyl sites for hydroxylation is 1. The van der Waals surface area contributed by atoms with Crippen LogP contribution in [0, 0.1) is 12.7 Å². The van der Waals surface area contributed by atoms with E-state index in [1.165, 1.54) is 6.07 Å². The fourth-order valence-corrected chi connectivity index (χ4v) is 3.53. The fourth-order valence-electron chi connectivity index (χ4n) is 3.53. The predicted octanol–water partition coefficient (Wildman–Crippen LogP) is 4.18. The van der Waals surface area contributed by atoms with E-state index >= 15 is 0 Å². The number of hydrogen-bond acceptors (Lipinski definition) is 1. The highest BCUT2D eigenvalue weighted by Crippen LogP contribution is 2.33. The van der Waals surface area contributed by atoms with Crippen LogP contribution in [0.2, 0.25) is 0 Å². The molecule has 3 aromatic rings. The lowest BCUT2D eigenvalue weighted by molar-refractivity contribution is 0.0664. The number of carbonyl (C=O) groups excluding carboxylic acids is 1. The van der Waals surface area contributed by atoms with Crippen molar-refractivity contribution in [2.24, 2.45) is 0 Å². The van der Waals surface area contributed by atoms with E-state index in [-0.39, 0.29) is 17.8 Å². The van der Waals surface area contributed by atoms with E-state index in [1.807, 2.05) is 41.3 Å². The second-order valence-electron chi connectivity index (χ2n) is 6.40. The highest BCUT2D eigenvalue weighted by molar-refractivity contribution is 5.95. The summed E-state index contributed by atoms with van der Waals surface area (Å²) < 4.78 is 15.8. The molecule has 0 saturated carbocycles. The molecule has 0 spiro atoms. The summed E-state index contributed by atoms with van der Waals surface area (Å²) in [6.07, 6.45) is 2.05. The minimum atomic E-state index is -0.288. The second kappa shape index (κ2) is 6.20. The summed E-state index contributed by atoms with van der Waals surface area (Å²) in [6, 6.07) is 18.6. The van der Waals surface area contributed by atoms with Crippen molar-refractivity contribution in [2.75, 3.05) is 6.54 Å². The highest BCUT2D eigenvalue weighted by atomic mass is 19.1. The van der Waals surface area contributed by atoms with Gasteiger partial charge in [-0.15, -0.1) is 0 Å². The molecule has 0 unspecified atom stereocenters. The summed E-state index contributed by atoms with van der Waals surface area (Å²) >= 11 is 0. The number of nitrogens with zero attached hydrogens (tertiary/aromatic N) is 2. The normalized spacial score (nSPS) is 16.6. The topological polar surface area (TPSA) is 25.2 Å². The van der Waals surface area contributed by atoms with Gasteiger partial charge in [-0.1, -0.05) is 30.3 Å². The third-order valence-electron chi connectivity index (χ3n) is 4.82. The van der Waals surface area contributed by atoms with Crippen LogP contribution in [0.15, 0.2) is 66.9 Å². The largest absolute Gasteiger partial charge is 0.348 e. The van der Waals surface area contributed by atoms with E-state index in [9.17, 15) is 9.18 Å². The van der Waals surface area contributed by atoms with Crippen LogP contribution in [0.1, 0.15) is 33.2 Å². The van der Waals surface area contributed by atoms with Crippen LogP contribution in [0.3, 0.4) is 0 Å². The van der Waals surface area contributed by atoms with Crippen molar-refractivity contribution in [3.63, 3.8) is 0 Å². The van der Waals surface area contributed by atoms with E-state index in [2.05, 4.69) is 16.8 Å². The van der Waals surface area contributed by atoms with Crippen LogP contribution < -0.4 is 0 Å². The average Bonchev–Trinajstić information content (AvgIpc) is 3.12. The van der Waals surface area contributed by atoms with Crippen molar-refractivity contribution in [3.8, 4) is 0 Å². The Morgan fingerprint density at radius 3 is 2.60 bits per heavy atom. The maximum atomic E-state index is 13.6. The molecule has 1 aliphatic rings. The van der Waals surface area contributed by atoms with E-state index in [4.69, 9.17) is 0 Å². The third-order valence-corrected chi connectivity index (χ3v) is 4.82. The molecule has 1 amide bonds. The van der Waals surface area contributed by atoms with Gasteiger partial charge < -0.3 is 9.47 Å². The Bertz CT molecular complexity index is 917. The van der Waals surface area contributed by atoms with Gasteiger partial charge in [-0.05, 0) is 48.4 Å². The number of fused-ring (bicyclic) bond motifs is 1. The number of hydrogen-bond donors (Lipinski definition) is 0. The summed E-state index contributed by atoms with van der Waals surface area (Å²) in [7, 11) is 0. The van der Waals surface area contributed by atoms with Crippen molar-refractivity contribution in [3.05, 3.63) is 95.1 Å². The van der Waals surface area contributed by atoms with Gasteiger partial charge in [-0.2, -0.15) is 0 Å². The van der Waals surface area contributed by atoms with Gasteiger partial charge in [0.1, 0.15) is 5.82 Å². The summed E-state index contributed by atoms with van der Waals surface area (Å²) in [5, 5.41) is 0. The zero-order valence-electron chi connectivity index (χ0n) is 14.0. The lowest BCUT2D eigenvalue weighted by Gasteiger charge is -2.37. The summed E-state index contributed by atoms with van der Waals surface area (Å²) in [5.74, 6) is -0.354. The number of benzene rings is 2. The molecule has 0 fully saturated rings. The molecule has 25 heavy (non-hydrogen) atoms. The molecule has 0 bridgehead atoms. The maximum Gasteiger partial charge on any atom is 0.254 e. The van der Waals surface area contributed by atoms with Gasteiger partial charge in [0, 0.05) is 30.5 Å². The van der Waals surface area contributed by atoms with Gasteiger partial charge in [0.2, 0.25) is 0 Å². The molecule has 3 nitrogen and oxygen atoms in total. The monoisotopic (exact) mass is 334 g/mol. The van der Waals surface area contributed by atoms with Gasteiger partial charge in [-0.25, -0.2) is 4.39 Å². The molecular weight excluding hydrogens is 315 g/mol. The summed E-state index contributed by atoms with van der Waals surface area (Å²) in [4.78, 5) is 15.1. The first-order valence-corrected chi connectivity index (χ1v) is 8.42. The zero-order chi connectivity index (χ0) is 17.4. The maximum absolute atomic E-state index is 13.6. The van der Waals surface area contributed by atoms with Crippen LogP contribution >= 0.6 is 0 Å². The van der Waals surface area contributed by atoms with Crippen LogP contribution in [0.25, 0.3) is 0 Å². The third kappa shape index (κ3) is 2.74. The molecule has 0 saturated heterocycles. The standard InChI is InChI=1S/C21H19FN2O/c1-15-14-17(9-10-18(15)22)21(25)24-13-12-23-11-5-8-19(23)20(24)16-6-3-2-4-7-16/h2-11,14,20H,12-13H2,1H3/t20-/m0/s1. The Morgan fingerprint density at radius 1 is 1.04 bits per heavy atom. The smallest absolute Gasteiger partial charge is 0.254 e. The Balaban J connectivity index is 1.77. The molecular formula is C21H19FN2O. The molecule has 126 valence electrons. The first kappa shape index (κ1) is 15.6. The van der Waals surface area contributed by atoms with Crippen molar-refractivity contribution < 1.29 is 9.18 Å². The van der Waals surface area contributed by atoms with E-state index in [0.29, 0.717) is 17.7 Å². The summed E-state index contributed by atoms with van der Waals surface area (Å²) in [6.45, 7) is 3.07. The molecule has 4 rings (SSSR count). The SMILES string of the molecule is Cc1cc(C(=O)N2CCn3cccc3[C@@H]2c2ccccc2)ccc1F. The Kier molecular flexibility index (Phi) is 3.88. The molecule has 4 heteroatoms. The van der Waals surface area contributed by atoms with Crippen LogP contribution in [-0.4, -0.2) is 21.9 Å². The van der Waals surface area contributed by atoms with Crippen molar-refractivity contribution in [2.45, 2.75) is 19.5 Å². The lowest BCUT2D eigenvalue weighted by Crippen LogP contribution is -2.42. The van der Waals surface area contributed by atoms with Crippen LogP contribution in [0.4, 0.5) is 4.39 Å². The molecule has 1 atom stereocenters. The van der Waals surface area contributed by atoms with Crippen molar-refractivity contribution in [1.82, 2.24) is 9.47 Å². The number of carbonyl (C=O) groups is 1. The average molecular weight is 334 g/mol. The quantitative estimate of drug-likeness (QED) is 0.690. The van der Waals surface area contributed by atoms with E-state index in [1.54, 1.807) is 19.1 Å². The van der Waals surface area contributed by atoms with Crippen molar-refractivity contribution >= 4 is 5.91 Å². The first-order valence-electron chi connectivity index (χ1n) is 8.42. The number of amides is 1. The minimum absolute atomic E-state index is 0.0654.